The molecule has 1 aromatic carbocycles. The number of benzene rings is 1. The van der Waals surface area contributed by atoms with Gasteiger partial charge in [0.1, 0.15) is 0 Å². The predicted molar refractivity (Wildman–Crippen MR) is 86.1 cm³/mol. The highest BCUT2D eigenvalue weighted by molar-refractivity contribution is 5.47. The van der Waals surface area contributed by atoms with Gasteiger partial charge >= 0.3 is 0 Å². The number of hydrogen-bond acceptors (Lipinski definition) is 4. The zero-order valence-corrected chi connectivity index (χ0v) is 12.3. The van der Waals surface area contributed by atoms with E-state index in [4.69, 9.17) is 5.73 Å². The van der Waals surface area contributed by atoms with E-state index in [0.29, 0.717) is 6.54 Å². The first kappa shape index (κ1) is 14.0. The smallest absolute Gasteiger partial charge is 0.0560 e. The maximum atomic E-state index is 5.67. The SMILES string of the molecule is NCc1cc(N2CCN(Cc3ccccc3)CC2)ccn1. The second-order valence-corrected chi connectivity index (χ2v) is 5.46. The molecule has 0 radical (unpaired) electrons. The number of pyridine rings is 1. The van der Waals surface area contributed by atoms with Crippen LogP contribution in [0.4, 0.5) is 5.69 Å². The van der Waals surface area contributed by atoms with Crippen LogP contribution in [-0.4, -0.2) is 36.1 Å². The lowest BCUT2D eigenvalue weighted by Gasteiger charge is -2.36. The minimum absolute atomic E-state index is 0.502. The number of aromatic nitrogens is 1. The molecule has 1 saturated heterocycles. The first-order valence-corrected chi connectivity index (χ1v) is 7.51. The zero-order chi connectivity index (χ0) is 14.5. The molecule has 0 unspecified atom stereocenters. The van der Waals surface area contributed by atoms with Crippen LogP contribution < -0.4 is 10.6 Å². The molecule has 0 spiro atoms. The van der Waals surface area contributed by atoms with Crippen molar-refractivity contribution in [1.29, 1.82) is 0 Å². The standard InChI is InChI=1S/C17H22N4/c18-13-16-12-17(6-7-19-16)21-10-8-20(9-11-21)14-15-4-2-1-3-5-15/h1-7,12H,8-11,13-14,18H2. The van der Waals surface area contributed by atoms with E-state index < -0.39 is 0 Å². The summed E-state index contributed by atoms with van der Waals surface area (Å²) < 4.78 is 0. The lowest BCUT2D eigenvalue weighted by atomic mass is 10.2. The quantitative estimate of drug-likeness (QED) is 0.930. The van der Waals surface area contributed by atoms with Gasteiger partial charge in [0.25, 0.3) is 0 Å². The van der Waals surface area contributed by atoms with E-state index >= 15 is 0 Å². The Labute approximate surface area is 126 Å². The van der Waals surface area contributed by atoms with Crippen LogP contribution in [-0.2, 0) is 13.1 Å². The molecule has 110 valence electrons. The number of anilines is 1. The minimum atomic E-state index is 0.502. The average Bonchev–Trinajstić information content (AvgIpc) is 2.56. The van der Waals surface area contributed by atoms with Crippen LogP contribution >= 0.6 is 0 Å². The van der Waals surface area contributed by atoms with Crippen molar-refractivity contribution in [3.63, 3.8) is 0 Å². The Morgan fingerprint density at radius 3 is 2.48 bits per heavy atom. The van der Waals surface area contributed by atoms with E-state index in [0.717, 1.165) is 38.4 Å². The first-order chi connectivity index (χ1) is 10.3. The second-order valence-electron chi connectivity index (χ2n) is 5.46. The summed E-state index contributed by atoms with van der Waals surface area (Å²) in [6.07, 6.45) is 1.86. The van der Waals surface area contributed by atoms with Gasteiger partial charge in [-0.1, -0.05) is 30.3 Å². The molecule has 0 atom stereocenters. The van der Waals surface area contributed by atoms with Gasteiger partial charge < -0.3 is 10.6 Å². The van der Waals surface area contributed by atoms with E-state index in [1.807, 2.05) is 6.20 Å². The van der Waals surface area contributed by atoms with Gasteiger partial charge in [-0.25, -0.2) is 0 Å². The van der Waals surface area contributed by atoms with Gasteiger partial charge in [0.2, 0.25) is 0 Å². The van der Waals surface area contributed by atoms with Crippen molar-refractivity contribution in [2.45, 2.75) is 13.1 Å². The van der Waals surface area contributed by atoms with Crippen LogP contribution in [0.15, 0.2) is 48.7 Å². The molecule has 1 fully saturated rings. The molecule has 0 aliphatic carbocycles. The minimum Gasteiger partial charge on any atom is -0.369 e. The highest BCUT2D eigenvalue weighted by atomic mass is 15.3. The molecular weight excluding hydrogens is 260 g/mol. The van der Waals surface area contributed by atoms with Crippen LogP contribution in [0.2, 0.25) is 0 Å². The number of nitrogens with two attached hydrogens (primary N) is 1. The number of nitrogens with zero attached hydrogens (tertiary/aromatic N) is 3. The summed E-state index contributed by atoms with van der Waals surface area (Å²) in [5, 5.41) is 0. The van der Waals surface area contributed by atoms with Gasteiger partial charge in [-0.15, -0.1) is 0 Å². The molecule has 4 heteroatoms. The van der Waals surface area contributed by atoms with Gasteiger partial charge in [0, 0.05) is 51.2 Å². The summed E-state index contributed by atoms with van der Waals surface area (Å²) in [4.78, 5) is 9.19. The number of piperazine rings is 1. The maximum absolute atomic E-state index is 5.67. The predicted octanol–water partition coefficient (Wildman–Crippen LogP) is 1.86. The fourth-order valence-electron chi connectivity index (χ4n) is 2.78. The third-order valence-electron chi connectivity index (χ3n) is 4.00. The van der Waals surface area contributed by atoms with Crippen LogP contribution in [0.1, 0.15) is 11.3 Å². The largest absolute Gasteiger partial charge is 0.369 e. The van der Waals surface area contributed by atoms with Crippen molar-refractivity contribution in [1.82, 2.24) is 9.88 Å². The fourth-order valence-corrected chi connectivity index (χ4v) is 2.78. The summed E-state index contributed by atoms with van der Waals surface area (Å²) in [6, 6.07) is 14.9. The molecule has 0 saturated carbocycles. The highest BCUT2D eigenvalue weighted by Gasteiger charge is 2.17. The summed E-state index contributed by atoms with van der Waals surface area (Å²) >= 11 is 0. The molecular formula is C17H22N4. The van der Waals surface area contributed by atoms with Crippen molar-refractivity contribution >= 4 is 5.69 Å². The highest BCUT2D eigenvalue weighted by Crippen LogP contribution is 2.17. The molecule has 4 nitrogen and oxygen atoms in total. The van der Waals surface area contributed by atoms with Crippen molar-refractivity contribution in [2.24, 2.45) is 5.73 Å². The van der Waals surface area contributed by atoms with E-state index in [1.165, 1.54) is 11.3 Å². The topological polar surface area (TPSA) is 45.4 Å². The Hall–Kier alpha value is -1.91. The number of rotatable bonds is 4. The molecule has 2 aromatic rings. The first-order valence-electron chi connectivity index (χ1n) is 7.51. The Kier molecular flexibility index (Phi) is 4.48. The Morgan fingerprint density at radius 2 is 1.76 bits per heavy atom. The third kappa shape index (κ3) is 3.60. The maximum Gasteiger partial charge on any atom is 0.0560 e. The molecule has 21 heavy (non-hydrogen) atoms. The normalized spacial score (nSPS) is 16.1. The molecule has 2 heterocycles. The molecule has 2 N–H and O–H groups in total. The molecule has 1 aromatic heterocycles. The average molecular weight is 282 g/mol. The van der Waals surface area contributed by atoms with E-state index in [1.54, 1.807) is 0 Å². The van der Waals surface area contributed by atoms with Gasteiger partial charge in [-0.05, 0) is 17.7 Å². The lowest BCUT2D eigenvalue weighted by molar-refractivity contribution is 0.250. The van der Waals surface area contributed by atoms with Crippen LogP contribution in [0.25, 0.3) is 0 Å². The van der Waals surface area contributed by atoms with Crippen LogP contribution in [0.3, 0.4) is 0 Å². The Morgan fingerprint density at radius 1 is 1.00 bits per heavy atom. The lowest BCUT2D eigenvalue weighted by Crippen LogP contribution is -2.46. The summed E-state index contributed by atoms with van der Waals surface area (Å²) in [5.74, 6) is 0. The van der Waals surface area contributed by atoms with Gasteiger partial charge in [0.15, 0.2) is 0 Å². The van der Waals surface area contributed by atoms with Gasteiger partial charge in [-0.2, -0.15) is 0 Å². The van der Waals surface area contributed by atoms with E-state index in [-0.39, 0.29) is 0 Å². The zero-order valence-electron chi connectivity index (χ0n) is 12.3. The summed E-state index contributed by atoms with van der Waals surface area (Å²) in [5.41, 5.74) is 9.25. The Balaban J connectivity index is 1.57. The summed E-state index contributed by atoms with van der Waals surface area (Å²) in [6.45, 7) is 5.84. The van der Waals surface area contributed by atoms with Gasteiger partial charge in [0.05, 0.1) is 5.69 Å². The molecule has 3 rings (SSSR count). The van der Waals surface area contributed by atoms with Crippen molar-refractivity contribution in [2.75, 3.05) is 31.1 Å². The van der Waals surface area contributed by atoms with Crippen LogP contribution in [0, 0.1) is 0 Å². The third-order valence-corrected chi connectivity index (χ3v) is 4.00. The second kappa shape index (κ2) is 6.70. The van der Waals surface area contributed by atoms with Crippen molar-refractivity contribution in [3.8, 4) is 0 Å². The monoisotopic (exact) mass is 282 g/mol. The fraction of sp³-hybridized carbons (Fsp3) is 0.353. The number of hydrogen-bond donors (Lipinski definition) is 1. The van der Waals surface area contributed by atoms with Crippen molar-refractivity contribution in [3.05, 3.63) is 59.9 Å². The van der Waals surface area contributed by atoms with Gasteiger partial charge in [-0.3, -0.25) is 9.88 Å². The molecule has 0 bridgehead atoms. The van der Waals surface area contributed by atoms with E-state index in [9.17, 15) is 0 Å². The summed E-state index contributed by atoms with van der Waals surface area (Å²) in [7, 11) is 0. The molecule has 0 amide bonds. The van der Waals surface area contributed by atoms with Crippen molar-refractivity contribution < 1.29 is 0 Å². The molecule has 1 aliphatic heterocycles. The molecule has 1 aliphatic rings. The Bertz CT molecular complexity index is 562. The van der Waals surface area contributed by atoms with Crippen LogP contribution in [0.5, 0.6) is 0 Å². The van der Waals surface area contributed by atoms with E-state index in [2.05, 4.69) is 57.2 Å².